The highest BCUT2D eigenvalue weighted by Gasteiger charge is 2.13. The zero-order chi connectivity index (χ0) is 18.4. The van der Waals surface area contributed by atoms with Gasteiger partial charge in [-0.3, -0.25) is 4.79 Å². The molecule has 0 radical (unpaired) electrons. The average molecular weight is 352 g/mol. The van der Waals surface area contributed by atoms with E-state index in [1.54, 1.807) is 12.1 Å². The topological polar surface area (TPSA) is 58.6 Å². The van der Waals surface area contributed by atoms with Crippen molar-refractivity contribution in [1.29, 1.82) is 0 Å². The van der Waals surface area contributed by atoms with Crippen molar-refractivity contribution < 1.29 is 14.3 Å². The van der Waals surface area contributed by atoms with Gasteiger partial charge in [-0.05, 0) is 61.2 Å². The smallest absolute Gasteiger partial charge is 0.338 e. The van der Waals surface area contributed by atoms with Crippen LogP contribution in [0.5, 0.6) is 0 Å². The fraction of sp³-hybridized carbons (Fsp3) is 0.333. The van der Waals surface area contributed by atoms with Crippen molar-refractivity contribution in [2.75, 3.05) is 29.9 Å². The Morgan fingerprint density at radius 3 is 2.27 bits per heavy atom. The van der Waals surface area contributed by atoms with Gasteiger partial charge in [-0.1, -0.05) is 19.1 Å². The first-order valence-electron chi connectivity index (χ1n) is 9.06. The Bertz CT molecular complexity index is 748. The maximum Gasteiger partial charge on any atom is 0.338 e. The number of esters is 1. The molecule has 2 aromatic rings. The van der Waals surface area contributed by atoms with Crippen LogP contribution in [0.15, 0.2) is 48.5 Å². The molecule has 5 heteroatoms. The van der Waals surface area contributed by atoms with Gasteiger partial charge in [-0.2, -0.15) is 0 Å². The molecule has 0 saturated carbocycles. The van der Waals surface area contributed by atoms with E-state index in [9.17, 15) is 9.59 Å². The van der Waals surface area contributed by atoms with Crippen LogP contribution in [-0.2, 0) is 16.0 Å². The largest absolute Gasteiger partial charge is 0.452 e. The van der Waals surface area contributed by atoms with Crippen LogP contribution in [0.1, 0.15) is 35.7 Å². The summed E-state index contributed by atoms with van der Waals surface area (Å²) in [6.07, 6.45) is 3.37. The van der Waals surface area contributed by atoms with E-state index in [0.717, 1.165) is 25.1 Å². The minimum absolute atomic E-state index is 0.303. The molecule has 0 spiro atoms. The van der Waals surface area contributed by atoms with Crippen LogP contribution in [0.2, 0.25) is 0 Å². The number of benzene rings is 2. The van der Waals surface area contributed by atoms with Gasteiger partial charge in [-0.15, -0.1) is 0 Å². The van der Waals surface area contributed by atoms with Crippen molar-refractivity contribution in [2.45, 2.75) is 26.2 Å². The number of ether oxygens (including phenoxy) is 1. The molecule has 1 saturated heterocycles. The third-order valence-corrected chi connectivity index (χ3v) is 4.55. The van der Waals surface area contributed by atoms with Crippen LogP contribution in [0, 0.1) is 0 Å². The molecule has 1 amide bonds. The summed E-state index contributed by atoms with van der Waals surface area (Å²) in [6, 6.07) is 15.0. The normalized spacial score (nSPS) is 13.5. The Morgan fingerprint density at radius 1 is 1.00 bits per heavy atom. The van der Waals surface area contributed by atoms with Crippen LogP contribution in [0.25, 0.3) is 0 Å². The average Bonchev–Trinajstić information content (AvgIpc) is 3.21. The first-order chi connectivity index (χ1) is 12.7. The van der Waals surface area contributed by atoms with Crippen LogP contribution in [0.3, 0.4) is 0 Å². The van der Waals surface area contributed by atoms with Gasteiger partial charge >= 0.3 is 5.97 Å². The molecule has 1 heterocycles. The Balaban J connectivity index is 1.48. The van der Waals surface area contributed by atoms with Crippen molar-refractivity contribution in [2.24, 2.45) is 0 Å². The second-order valence-corrected chi connectivity index (χ2v) is 6.42. The third-order valence-electron chi connectivity index (χ3n) is 4.55. The molecule has 0 unspecified atom stereocenters. The lowest BCUT2D eigenvalue weighted by atomic mass is 10.1. The minimum atomic E-state index is -0.493. The third kappa shape index (κ3) is 4.63. The summed E-state index contributed by atoms with van der Waals surface area (Å²) in [7, 11) is 0. The monoisotopic (exact) mass is 352 g/mol. The molecule has 1 aliphatic rings. The van der Waals surface area contributed by atoms with Gasteiger partial charge in [0, 0.05) is 24.5 Å². The van der Waals surface area contributed by atoms with Gasteiger partial charge in [-0.25, -0.2) is 4.79 Å². The second kappa shape index (κ2) is 8.52. The van der Waals surface area contributed by atoms with Gasteiger partial charge in [0.2, 0.25) is 0 Å². The summed E-state index contributed by atoms with van der Waals surface area (Å²) in [5, 5.41) is 2.75. The van der Waals surface area contributed by atoms with Crippen molar-refractivity contribution >= 4 is 23.3 Å². The number of hydrogen-bond donors (Lipinski definition) is 1. The minimum Gasteiger partial charge on any atom is -0.452 e. The van der Waals surface area contributed by atoms with E-state index in [4.69, 9.17) is 4.74 Å². The van der Waals surface area contributed by atoms with Crippen LogP contribution in [-0.4, -0.2) is 31.6 Å². The molecule has 0 bridgehead atoms. The van der Waals surface area contributed by atoms with E-state index in [1.807, 2.05) is 36.4 Å². The van der Waals surface area contributed by atoms with Gasteiger partial charge in [0.15, 0.2) is 6.61 Å². The number of aryl methyl sites for hydroxylation is 1. The standard InChI is InChI=1S/C21H24N2O3/c1-2-16-5-7-17(8-6-16)21(25)26-15-20(24)22-18-9-11-19(12-10-18)23-13-3-4-14-23/h5-12H,2-4,13-15H2,1H3,(H,22,24). The van der Waals surface area contributed by atoms with Crippen molar-refractivity contribution in [3.63, 3.8) is 0 Å². The summed E-state index contributed by atoms with van der Waals surface area (Å²) in [4.78, 5) is 26.3. The van der Waals surface area contributed by atoms with Gasteiger partial charge in [0.05, 0.1) is 5.56 Å². The lowest BCUT2D eigenvalue weighted by Gasteiger charge is -2.17. The molecule has 1 fully saturated rings. The Hall–Kier alpha value is -2.82. The molecule has 3 rings (SSSR count). The predicted octanol–water partition coefficient (Wildman–Crippen LogP) is 3.64. The molecule has 0 atom stereocenters. The molecule has 26 heavy (non-hydrogen) atoms. The lowest BCUT2D eigenvalue weighted by Crippen LogP contribution is -2.21. The molecule has 0 aromatic heterocycles. The summed E-state index contributed by atoms with van der Waals surface area (Å²) in [5.41, 5.74) is 3.46. The van der Waals surface area contributed by atoms with E-state index >= 15 is 0 Å². The van der Waals surface area contributed by atoms with Crippen LogP contribution in [0.4, 0.5) is 11.4 Å². The first-order valence-corrected chi connectivity index (χ1v) is 9.06. The van der Waals surface area contributed by atoms with Crippen LogP contribution >= 0.6 is 0 Å². The Morgan fingerprint density at radius 2 is 1.65 bits per heavy atom. The van der Waals surface area contributed by atoms with Crippen molar-refractivity contribution in [1.82, 2.24) is 0 Å². The van der Waals surface area contributed by atoms with Gasteiger partial charge < -0.3 is 15.0 Å². The van der Waals surface area contributed by atoms with E-state index in [0.29, 0.717) is 11.3 Å². The second-order valence-electron chi connectivity index (χ2n) is 6.42. The highest BCUT2D eigenvalue weighted by molar-refractivity contribution is 5.95. The number of carbonyl (C=O) groups is 2. The lowest BCUT2D eigenvalue weighted by molar-refractivity contribution is -0.119. The van der Waals surface area contributed by atoms with Gasteiger partial charge in [0.1, 0.15) is 0 Å². The van der Waals surface area contributed by atoms with E-state index in [1.165, 1.54) is 18.5 Å². The summed E-state index contributed by atoms with van der Waals surface area (Å²) < 4.78 is 5.08. The van der Waals surface area contributed by atoms with Crippen molar-refractivity contribution in [3.8, 4) is 0 Å². The molecule has 2 aromatic carbocycles. The summed E-state index contributed by atoms with van der Waals surface area (Å²) in [6.45, 7) is 3.92. The zero-order valence-corrected chi connectivity index (χ0v) is 15.0. The number of carbonyl (C=O) groups excluding carboxylic acids is 2. The number of nitrogens with zero attached hydrogens (tertiary/aromatic N) is 1. The van der Waals surface area contributed by atoms with E-state index in [2.05, 4.69) is 17.1 Å². The number of anilines is 2. The van der Waals surface area contributed by atoms with Crippen molar-refractivity contribution in [3.05, 3.63) is 59.7 Å². The fourth-order valence-corrected chi connectivity index (χ4v) is 3.02. The van der Waals surface area contributed by atoms with E-state index < -0.39 is 5.97 Å². The molecule has 136 valence electrons. The number of hydrogen-bond acceptors (Lipinski definition) is 4. The summed E-state index contributed by atoms with van der Waals surface area (Å²) >= 11 is 0. The van der Waals surface area contributed by atoms with Gasteiger partial charge in [0.25, 0.3) is 5.91 Å². The maximum atomic E-state index is 12.0. The molecule has 1 aliphatic heterocycles. The molecule has 0 aliphatic carbocycles. The zero-order valence-electron chi connectivity index (χ0n) is 15.0. The number of nitrogens with one attached hydrogen (secondary N) is 1. The van der Waals surface area contributed by atoms with Crippen LogP contribution < -0.4 is 10.2 Å². The maximum absolute atomic E-state index is 12.0. The highest BCUT2D eigenvalue weighted by atomic mass is 16.5. The molecular formula is C21H24N2O3. The molecule has 1 N–H and O–H groups in total. The first kappa shape index (κ1) is 18.0. The Kier molecular flexibility index (Phi) is 5.89. The predicted molar refractivity (Wildman–Crippen MR) is 103 cm³/mol. The Labute approximate surface area is 154 Å². The molecule has 5 nitrogen and oxygen atoms in total. The number of amides is 1. The highest BCUT2D eigenvalue weighted by Crippen LogP contribution is 2.22. The summed E-state index contributed by atoms with van der Waals surface area (Å²) in [5.74, 6) is -0.843. The fourth-order valence-electron chi connectivity index (χ4n) is 3.02. The number of rotatable bonds is 6. The SMILES string of the molecule is CCc1ccc(C(=O)OCC(=O)Nc2ccc(N3CCCC3)cc2)cc1. The van der Waals surface area contributed by atoms with E-state index in [-0.39, 0.29) is 12.5 Å². The quantitative estimate of drug-likeness (QED) is 0.807. The molecular weight excluding hydrogens is 328 g/mol.